The van der Waals surface area contributed by atoms with Gasteiger partial charge in [-0.25, -0.2) is 9.37 Å². The molecular weight excluding hydrogens is 744 g/mol. The summed E-state index contributed by atoms with van der Waals surface area (Å²) in [5.74, 6) is -0.506. The number of likely N-dealkylation sites (tertiary alicyclic amines) is 2. The van der Waals surface area contributed by atoms with Gasteiger partial charge in [-0.15, -0.1) is 0 Å². The lowest BCUT2D eigenvalue weighted by Crippen LogP contribution is -2.35. The number of carboxylic acids is 1. The molecule has 0 saturated carbocycles. The summed E-state index contributed by atoms with van der Waals surface area (Å²) in [4.78, 5) is 20.6. The third-order valence-corrected chi connectivity index (χ3v) is 11.6. The molecule has 0 spiro atoms. The fourth-order valence-electron chi connectivity index (χ4n) is 8.55. The van der Waals surface area contributed by atoms with Gasteiger partial charge >= 0.3 is 12.6 Å². The van der Waals surface area contributed by atoms with Crippen LogP contribution >= 0.6 is 0 Å². The average molecular weight is 790 g/mol. The standard InChI is InChI=1S/C47H46F3N3O5/c1-29-36(33-16-17-34(40(48)21-33)25-52-20-18-32(24-52)28-56-27-31-9-4-3-5-10-31)11-6-12-37(29)38-13-7-14-39(30(38)2)45-51-41-22-35(26-53-19-8-15-42(53)46(54)55)43(58-47(49)50)23-44(41)57-45/h3-7,9-14,16-17,21-23,32,42,47H,8,15,18-20,24-28H2,1-2H3,(H,54,55)/t32-,42-/m0/s1. The summed E-state index contributed by atoms with van der Waals surface area (Å²) in [6, 6.07) is 29.9. The lowest BCUT2D eigenvalue weighted by Gasteiger charge is -2.22. The van der Waals surface area contributed by atoms with E-state index < -0.39 is 18.6 Å². The number of rotatable bonds is 14. The second-order valence-corrected chi connectivity index (χ2v) is 15.4. The molecule has 6 aromatic rings. The Morgan fingerprint density at radius 1 is 0.862 bits per heavy atom. The van der Waals surface area contributed by atoms with Crippen LogP contribution in [-0.2, 0) is 29.2 Å². The Kier molecular flexibility index (Phi) is 11.6. The molecule has 58 heavy (non-hydrogen) atoms. The molecule has 0 unspecified atom stereocenters. The minimum atomic E-state index is -3.07. The maximum absolute atomic E-state index is 15.7. The largest absolute Gasteiger partial charge is 0.480 e. The van der Waals surface area contributed by atoms with Crippen LogP contribution in [0.2, 0.25) is 0 Å². The second-order valence-electron chi connectivity index (χ2n) is 15.4. The van der Waals surface area contributed by atoms with Gasteiger partial charge in [0, 0.05) is 42.4 Å². The number of oxazole rings is 1. The van der Waals surface area contributed by atoms with Crippen LogP contribution in [0.3, 0.4) is 0 Å². The third kappa shape index (κ3) is 8.53. The van der Waals surface area contributed by atoms with E-state index in [1.54, 1.807) is 17.0 Å². The number of halogens is 3. The van der Waals surface area contributed by atoms with E-state index in [4.69, 9.17) is 18.9 Å². The van der Waals surface area contributed by atoms with Crippen LogP contribution in [0.25, 0.3) is 44.8 Å². The molecule has 3 heterocycles. The first-order chi connectivity index (χ1) is 28.1. The highest BCUT2D eigenvalue weighted by atomic mass is 19.3. The van der Waals surface area contributed by atoms with Crippen LogP contribution in [-0.4, -0.2) is 64.8 Å². The topological polar surface area (TPSA) is 88.3 Å². The molecule has 0 radical (unpaired) electrons. The molecule has 2 aliphatic heterocycles. The maximum atomic E-state index is 15.7. The zero-order chi connectivity index (χ0) is 40.3. The monoisotopic (exact) mass is 789 g/mol. The molecule has 2 atom stereocenters. The van der Waals surface area contributed by atoms with E-state index in [0.29, 0.717) is 67.6 Å². The van der Waals surface area contributed by atoms with Crippen molar-refractivity contribution >= 4 is 17.1 Å². The quantitative estimate of drug-likeness (QED) is 0.117. The molecule has 2 aliphatic rings. The number of ether oxygens (including phenoxy) is 2. The zero-order valence-electron chi connectivity index (χ0n) is 32.6. The van der Waals surface area contributed by atoms with Crippen molar-refractivity contribution in [2.24, 2.45) is 5.92 Å². The van der Waals surface area contributed by atoms with E-state index in [0.717, 1.165) is 64.0 Å². The van der Waals surface area contributed by atoms with Gasteiger partial charge in [-0.05, 0) is 109 Å². The third-order valence-electron chi connectivity index (χ3n) is 11.6. The fraction of sp³-hybridized carbons (Fsp3) is 0.319. The summed E-state index contributed by atoms with van der Waals surface area (Å²) < 4.78 is 59.8. The van der Waals surface area contributed by atoms with Crippen molar-refractivity contribution in [3.05, 3.63) is 131 Å². The van der Waals surface area contributed by atoms with Crippen molar-refractivity contribution in [2.75, 3.05) is 26.2 Å². The van der Waals surface area contributed by atoms with Crippen LogP contribution in [0.15, 0.2) is 101 Å². The number of fused-ring (bicyclic) bond motifs is 1. The number of hydrogen-bond acceptors (Lipinski definition) is 7. The molecular formula is C47H46F3N3O5. The van der Waals surface area contributed by atoms with Gasteiger partial charge in [0.25, 0.3) is 0 Å². The second kappa shape index (κ2) is 17.2. The van der Waals surface area contributed by atoms with Gasteiger partial charge in [-0.2, -0.15) is 8.78 Å². The van der Waals surface area contributed by atoms with Crippen LogP contribution < -0.4 is 4.74 Å². The first-order valence-corrected chi connectivity index (χ1v) is 19.8. The highest BCUT2D eigenvalue weighted by Gasteiger charge is 2.32. The van der Waals surface area contributed by atoms with Gasteiger partial charge in [-0.1, -0.05) is 72.8 Å². The SMILES string of the molecule is Cc1c(-c2ccc(CN3CC[C@H](COCc4ccccc4)C3)c(F)c2)cccc1-c1cccc(-c2nc3cc(CN4CCC[C@H]4C(=O)O)c(OC(F)F)cc3o2)c1C. The van der Waals surface area contributed by atoms with E-state index in [1.165, 1.54) is 6.07 Å². The summed E-state index contributed by atoms with van der Waals surface area (Å²) in [6.07, 6.45) is 2.22. The van der Waals surface area contributed by atoms with Gasteiger partial charge in [0.15, 0.2) is 5.58 Å². The number of alkyl halides is 2. The summed E-state index contributed by atoms with van der Waals surface area (Å²) in [6.45, 7) is 5.23. The Morgan fingerprint density at radius 3 is 2.34 bits per heavy atom. The van der Waals surface area contributed by atoms with Gasteiger partial charge in [0.2, 0.25) is 5.89 Å². The average Bonchev–Trinajstić information content (AvgIpc) is 3.97. The predicted molar refractivity (Wildman–Crippen MR) is 217 cm³/mol. The molecule has 8 rings (SSSR count). The number of hydrogen-bond donors (Lipinski definition) is 1. The minimum absolute atomic E-state index is 0.0754. The van der Waals surface area contributed by atoms with E-state index >= 15 is 4.39 Å². The summed E-state index contributed by atoms with van der Waals surface area (Å²) in [5.41, 5.74) is 9.23. The molecule has 300 valence electrons. The first kappa shape index (κ1) is 39.3. The Bertz CT molecular complexity index is 2420. The number of aliphatic carboxylic acids is 1. The first-order valence-electron chi connectivity index (χ1n) is 19.8. The summed E-state index contributed by atoms with van der Waals surface area (Å²) in [5, 5.41) is 9.67. The van der Waals surface area contributed by atoms with Gasteiger partial charge in [-0.3, -0.25) is 14.6 Å². The molecule has 1 N–H and O–H groups in total. The normalized spacial score (nSPS) is 17.5. The van der Waals surface area contributed by atoms with E-state index in [1.807, 2.05) is 80.6 Å². The minimum Gasteiger partial charge on any atom is -0.480 e. The van der Waals surface area contributed by atoms with Crippen LogP contribution in [0.5, 0.6) is 5.75 Å². The summed E-state index contributed by atoms with van der Waals surface area (Å²) >= 11 is 0. The predicted octanol–water partition coefficient (Wildman–Crippen LogP) is 10.3. The molecule has 1 aromatic heterocycles. The fourth-order valence-corrected chi connectivity index (χ4v) is 8.55. The molecule has 0 amide bonds. The Balaban J connectivity index is 0.996. The van der Waals surface area contributed by atoms with Crippen molar-refractivity contribution in [1.29, 1.82) is 0 Å². The highest BCUT2D eigenvalue weighted by Crippen LogP contribution is 2.39. The molecule has 5 aromatic carbocycles. The number of carbonyl (C=O) groups is 1. The van der Waals surface area contributed by atoms with Crippen molar-refractivity contribution in [2.45, 2.75) is 65.5 Å². The molecule has 2 fully saturated rings. The van der Waals surface area contributed by atoms with Gasteiger partial charge in [0.1, 0.15) is 23.1 Å². The van der Waals surface area contributed by atoms with E-state index in [2.05, 4.69) is 17.0 Å². The lowest BCUT2D eigenvalue weighted by atomic mass is 9.89. The molecule has 0 aliphatic carbocycles. The molecule has 8 nitrogen and oxygen atoms in total. The molecule has 0 bridgehead atoms. The number of aromatic nitrogens is 1. The Labute approximate surface area is 335 Å². The molecule has 11 heteroatoms. The van der Waals surface area contributed by atoms with Crippen molar-refractivity contribution in [3.63, 3.8) is 0 Å². The van der Waals surface area contributed by atoms with Gasteiger partial charge in [0.05, 0.1) is 13.2 Å². The Hall–Kier alpha value is -5.49. The lowest BCUT2D eigenvalue weighted by molar-refractivity contribution is -0.142. The van der Waals surface area contributed by atoms with Gasteiger partial charge < -0.3 is 19.0 Å². The zero-order valence-corrected chi connectivity index (χ0v) is 32.6. The van der Waals surface area contributed by atoms with Crippen molar-refractivity contribution in [3.8, 4) is 39.5 Å². The smallest absolute Gasteiger partial charge is 0.387 e. The maximum Gasteiger partial charge on any atom is 0.387 e. The van der Waals surface area contributed by atoms with Crippen LogP contribution in [0.1, 0.15) is 47.1 Å². The van der Waals surface area contributed by atoms with E-state index in [-0.39, 0.29) is 23.7 Å². The Morgan fingerprint density at radius 2 is 1.60 bits per heavy atom. The van der Waals surface area contributed by atoms with Crippen molar-refractivity contribution < 1.29 is 37.0 Å². The highest BCUT2D eigenvalue weighted by molar-refractivity contribution is 5.85. The van der Waals surface area contributed by atoms with Crippen LogP contribution in [0, 0.1) is 25.6 Å². The van der Waals surface area contributed by atoms with E-state index in [9.17, 15) is 18.7 Å². The van der Waals surface area contributed by atoms with Crippen LogP contribution in [0.4, 0.5) is 13.2 Å². The number of carboxylic acid groups (broad SMARTS) is 1. The number of benzene rings is 5. The van der Waals surface area contributed by atoms with Crippen molar-refractivity contribution in [1.82, 2.24) is 14.8 Å². The summed E-state index contributed by atoms with van der Waals surface area (Å²) in [7, 11) is 0. The molecule has 2 saturated heterocycles. The number of nitrogens with zero attached hydrogens (tertiary/aromatic N) is 3.